The first-order chi connectivity index (χ1) is 16.2. The molecule has 0 atom stereocenters. The van der Waals surface area contributed by atoms with Crippen molar-refractivity contribution in [3.05, 3.63) is 83.3 Å². The fourth-order valence-electron chi connectivity index (χ4n) is 3.41. The Labute approximate surface area is 197 Å². The van der Waals surface area contributed by atoms with Crippen LogP contribution in [0.4, 0.5) is 18.9 Å². The Morgan fingerprint density at radius 3 is 2.35 bits per heavy atom. The van der Waals surface area contributed by atoms with Crippen LogP contribution in [0.15, 0.2) is 67.3 Å². The second-order valence-corrected chi connectivity index (χ2v) is 8.26. The van der Waals surface area contributed by atoms with Gasteiger partial charge in [0, 0.05) is 16.5 Å². The number of methoxy groups -OCH3 is 1. The molecule has 2 N–H and O–H groups in total. The Kier molecular flexibility index (Phi) is 6.30. The molecule has 0 spiro atoms. The third-order valence-electron chi connectivity index (χ3n) is 5.08. The fourth-order valence-corrected chi connectivity index (χ4v) is 4.49. The van der Waals surface area contributed by atoms with Gasteiger partial charge in [-0.1, -0.05) is 12.7 Å². The van der Waals surface area contributed by atoms with Crippen molar-refractivity contribution < 1.29 is 27.4 Å². The molecule has 0 aliphatic heterocycles. The van der Waals surface area contributed by atoms with E-state index in [0.717, 1.165) is 17.4 Å². The molecule has 9 heteroatoms. The molecule has 174 valence electrons. The number of nitrogen functional groups attached to an aromatic ring is 1. The van der Waals surface area contributed by atoms with Crippen LogP contribution in [-0.2, 0) is 6.18 Å². The number of halogens is 3. The molecule has 0 aliphatic carbocycles. The predicted octanol–water partition coefficient (Wildman–Crippen LogP) is 6.37. The number of aromatic nitrogens is 1. The first-order valence-electron chi connectivity index (χ1n) is 10.1. The Morgan fingerprint density at radius 1 is 1.12 bits per heavy atom. The molecule has 0 amide bonds. The van der Waals surface area contributed by atoms with Crippen molar-refractivity contribution in [2.24, 2.45) is 0 Å². The number of nitrogens with zero attached hydrogens (tertiary/aromatic N) is 1. The summed E-state index contributed by atoms with van der Waals surface area (Å²) in [6.45, 7) is 3.88. The highest BCUT2D eigenvalue weighted by Crippen LogP contribution is 2.44. The number of carbonyl (C=O) groups is 1. The zero-order valence-electron chi connectivity index (χ0n) is 18.0. The normalized spacial score (nSPS) is 11.4. The number of hydrogen-bond donors (Lipinski definition) is 1. The Hall–Kier alpha value is -3.85. The molecule has 0 bridgehead atoms. The maximum Gasteiger partial charge on any atom is 0.417 e. The van der Waals surface area contributed by atoms with E-state index in [0.29, 0.717) is 23.7 Å². The molecule has 0 aliphatic rings. The molecule has 4 aromatic rings. The summed E-state index contributed by atoms with van der Waals surface area (Å²) in [6, 6.07) is 13.7. The number of fused-ring (bicyclic) bond motifs is 1. The molecule has 2 aromatic carbocycles. The van der Waals surface area contributed by atoms with E-state index < -0.39 is 17.5 Å². The van der Waals surface area contributed by atoms with Gasteiger partial charge < -0.3 is 15.2 Å². The van der Waals surface area contributed by atoms with Crippen LogP contribution in [0.5, 0.6) is 11.5 Å². The quantitative estimate of drug-likeness (QED) is 0.244. The van der Waals surface area contributed by atoms with Crippen molar-refractivity contribution in [2.75, 3.05) is 19.5 Å². The van der Waals surface area contributed by atoms with Crippen LogP contribution < -0.4 is 15.2 Å². The van der Waals surface area contributed by atoms with Crippen molar-refractivity contribution in [3.8, 4) is 22.8 Å². The van der Waals surface area contributed by atoms with E-state index in [1.165, 1.54) is 19.2 Å². The van der Waals surface area contributed by atoms with Crippen LogP contribution in [0, 0.1) is 0 Å². The summed E-state index contributed by atoms with van der Waals surface area (Å²) >= 11 is 0.837. The summed E-state index contributed by atoms with van der Waals surface area (Å²) in [5.41, 5.74) is 5.77. The zero-order chi connectivity index (χ0) is 24.5. The Balaban J connectivity index is 1.82. The van der Waals surface area contributed by atoms with Gasteiger partial charge in [0.1, 0.15) is 27.8 Å². The first kappa shape index (κ1) is 23.3. The second kappa shape index (κ2) is 9.18. The summed E-state index contributed by atoms with van der Waals surface area (Å²) in [5.74, 6) is 0.613. The smallest absolute Gasteiger partial charge is 0.417 e. The number of ether oxygens (including phenoxy) is 2. The third-order valence-corrected chi connectivity index (χ3v) is 6.18. The van der Waals surface area contributed by atoms with Crippen LogP contribution >= 0.6 is 11.3 Å². The molecule has 4 rings (SSSR count). The maximum atomic E-state index is 14.0. The van der Waals surface area contributed by atoms with Crippen LogP contribution in [0.1, 0.15) is 20.8 Å². The average Bonchev–Trinajstić information content (AvgIpc) is 3.17. The standard InChI is InChI=1S/C25H19F3N2O3S/c1-3-12-33-17-10-4-14(5-11-17)19-13-18(25(26,27)28)20-21(29)23(34-24(20)30-19)22(31)15-6-8-16(32-2)9-7-15/h3-11,13H,1,12,29H2,2H3. The van der Waals surface area contributed by atoms with E-state index in [-0.39, 0.29) is 32.0 Å². The maximum absolute atomic E-state index is 14.0. The van der Waals surface area contributed by atoms with Crippen LogP contribution in [0.3, 0.4) is 0 Å². The van der Waals surface area contributed by atoms with Crippen molar-refractivity contribution in [3.63, 3.8) is 0 Å². The fraction of sp³-hybridized carbons (Fsp3) is 0.120. The molecule has 0 saturated carbocycles. The van der Waals surface area contributed by atoms with Gasteiger partial charge in [-0.25, -0.2) is 4.98 Å². The van der Waals surface area contributed by atoms with Crippen molar-refractivity contribution in [2.45, 2.75) is 6.18 Å². The summed E-state index contributed by atoms with van der Waals surface area (Å²) < 4.78 is 52.5. The van der Waals surface area contributed by atoms with E-state index in [1.807, 2.05) is 0 Å². The lowest BCUT2D eigenvalue weighted by Gasteiger charge is -2.12. The molecular formula is C25H19F3N2O3S. The average molecular weight is 484 g/mol. The minimum Gasteiger partial charge on any atom is -0.497 e. The predicted molar refractivity (Wildman–Crippen MR) is 127 cm³/mol. The summed E-state index contributed by atoms with van der Waals surface area (Å²) in [7, 11) is 1.49. The lowest BCUT2D eigenvalue weighted by Crippen LogP contribution is -2.08. The summed E-state index contributed by atoms with van der Waals surface area (Å²) in [5, 5.41) is -0.274. The van der Waals surface area contributed by atoms with E-state index in [4.69, 9.17) is 15.2 Å². The summed E-state index contributed by atoms with van der Waals surface area (Å²) in [6.07, 6.45) is -3.11. The van der Waals surface area contributed by atoms with Gasteiger partial charge in [0.15, 0.2) is 0 Å². The molecule has 34 heavy (non-hydrogen) atoms. The van der Waals surface area contributed by atoms with Gasteiger partial charge in [0.25, 0.3) is 0 Å². The second-order valence-electron chi connectivity index (χ2n) is 7.26. The number of ketones is 1. The largest absolute Gasteiger partial charge is 0.497 e. The highest BCUT2D eigenvalue weighted by molar-refractivity contribution is 7.21. The molecular weight excluding hydrogens is 465 g/mol. The highest BCUT2D eigenvalue weighted by atomic mass is 32.1. The van der Waals surface area contributed by atoms with Gasteiger partial charge in [0.2, 0.25) is 5.78 Å². The molecule has 2 heterocycles. The van der Waals surface area contributed by atoms with Crippen molar-refractivity contribution in [1.29, 1.82) is 0 Å². The van der Waals surface area contributed by atoms with Gasteiger partial charge in [-0.2, -0.15) is 13.2 Å². The zero-order valence-corrected chi connectivity index (χ0v) is 18.8. The minimum atomic E-state index is -4.70. The van der Waals surface area contributed by atoms with Crippen molar-refractivity contribution >= 4 is 33.0 Å². The van der Waals surface area contributed by atoms with E-state index in [2.05, 4.69) is 11.6 Å². The summed E-state index contributed by atoms with van der Waals surface area (Å²) in [4.78, 5) is 17.5. The third kappa shape index (κ3) is 4.47. The Morgan fingerprint density at radius 2 is 1.76 bits per heavy atom. The highest BCUT2D eigenvalue weighted by Gasteiger charge is 2.36. The number of nitrogens with two attached hydrogens (primary N) is 1. The monoisotopic (exact) mass is 484 g/mol. The van der Waals surface area contributed by atoms with Crippen LogP contribution in [0.2, 0.25) is 0 Å². The van der Waals surface area contributed by atoms with Crippen molar-refractivity contribution in [1.82, 2.24) is 4.98 Å². The number of benzene rings is 2. The van der Waals surface area contributed by atoms with Gasteiger partial charge >= 0.3 is 6.18 Å². The molecule has 0 unspecified atom stereocenters. The number of rotatable bonds is 7. The SMILES string of the molecule is C=CCOc1ccc(-c2cc(C(F)(F)F)c3c(N)c(C(=O)c4ccc(OC)cc4)sc3n2)cc1. The van der Waals surface area contributed by atoms with E-state index >= 15 is 0 Å². The molecule has 0 saturated heterocycles. The number of alkyl halides is 3. The Bertz CT molecular complexity index is 1360. The van der Waals surface area contributed by atoms with E-state index in [1.54, 1.807) is 42.5 Å². The lowest BCUT2D eigenvalue weighted by molar-refractivity contribution is -0.136. The molecule has 2 aromatic heterocycles. The van der Waals surface area contributed by atoms with E-state index in [9.17, 15) is 18.0 Å². The topological polar surface area (TPSA) is 74.4 Å². The number of pyridine rings is 1. The molecule has 0 radical (unpaired) electrons. The van der Waals surface area contributed by atoms with Crippen LogP contribution in [0.25, 0.3) is 21.5 Å². The molecule has 5 nitrogen and oxygen atoms in total. The van der Waals surface area contributed by atoms with Gasteiger partial charge in [-0.15, -0.1) is 11.3 Å². The van der Waals surface area contributed by atoms with Gasteiger partial charge in [0.05, 0.1) is 24.1 Å². The number of thiophene rings is 1. The van der Waals surface area contributed by atoms with Gasteiger partial charge in [-0.05, 0) is 54.6 Å². The number of anilines is 1. The number of hydrogen-bond acceptors (Lipinski definition) is 6. The lowest BCUT2D eigenvalue weighted by atomic mass is 10.0. The minimum absolute atomic E-state index is 0.00323. The van der Waals surface area contributed by atoms with Gasteiger partial charge in [-0.3, -0.25) is 4.79 Å². The molecule has 0 fully saturated rings. The van der Waals surface area contributed by atoms with Crippen LogP contribution in [-0.4, -0.2) is 24.5 Å². The first-order valence-corrected chi connectivity index (χ1v) is 10.9. The number of carbonyl (C=O) groups excluding carboxylic acids is 1.